The lowest BCUT2D eigenvalue weighted by molar-refractivity contribution is -0.270. The lowest BCUT2D eigenvalue weighted by Gasteiger charge is -2.42. The molecule has 1 unspecified atom stereocenters. The van der Waals surface area contributed by atoms with E-state index in [2.05, 4.69) is 30.1 Å². The van der Waals surface area contributed by atoms with Crippen LogP contribution in [0.3, 0.4) is 0 Å². The number of nitrogens with one attached hydrogen (secondary N) is 2. The van der Waals surface area contributed by atoms with E-state index in [-0.39, 0.29) is 64.5 Å². The molecule has 2 saturated heterocycles. The fourth-order valence-electron chi connectivity index (χ4n) is 5.66. The van der Waals surface area contributed by atoms with Crippen molar-refractivity contribution >= 4 is 36.6 Å². The molecule has 10 N–H and O–H groups in total. The van der Waals surface area contributed by atoms with E-state index in [1.165, 1.54) is 19.6 Å². The summed E-state index contributed by atoms with van der Waals surface area (Å²) in [5.41, 5.74) is 6.63. The topological polar surface area (TPSA) is 331 Å². The molecule has 53 heavy (non-hydrogen) atoms. The van der Waals surface area contributed by atoms with E-state index in [0.29, 0.717) is 24.0 Å². The van der Waals surface area contributed by atoms with Crippen molar-refractivity contribution in [3.8, 4) is 0 Å². The number of hydrogen-bond acceptors (Lipinski definition) is 18. The molecule has 2 amide bonds. The number of nitrogen functional groups attached to an aromatic ring is 1. The van der Waals surface area contributed by atoms with E-state index < -0.39 is 82.0 Å². The van der Waals surface area contributed by atoms with Crippen molar-refractivity contribution in [1.29, 1.82) is 0 Å². The number of aliphatic hydroxyl groups is 4. The molecular formula is C29H48N7O16P. The van der Waals surface area contributed by atoms with Gasteiger partial charge in [0.2, 0.25) is 11.8 Å². The number of ether oxygens (including phenoxy) is 6. The first kappa shape index (κ1) is 42.7. The molecule has 4 heterocycles. The summed E-state index contributed by atoms with van der Waals surface area (Å²) in [7, 11) is -4.83. The molecule has 0 radical (unpaired) electrons. The number of phosphoric ester groups is 1. The highest BCUT2D eigenvalue weighted by Crippen LogP contribution is 2.37. The molecule has 2 aliphatic heterocycles. The first-order chi connectivity index (χ1) is 25.3. The zero-order chi connectivity index (χ0) is 38.5. The average molecular weight is 782 g/mol. The van der Waals surface area contributed by atoms with Crippen molar-refractivity contribution in [2.45, 2.75) is 87.8 Å². The summed E-state index contributed by atoms with van der Waals surface area (Å²) in [6, 6.07) is -1.04. The predicted octanol–water partition coefficient (Wildman–Crippen LogP) is -3.73. The highest BCUT2D eigenvalue weighted by Gasteiger charge is 2.46. The second-order valence-corrected chi connectivity index (χ2v) is 13.4. The Kier molecular flexibility index (Phi) is 16.6. The van der Waals surface area contributed by atoms with Gasteiger partial charge < -0.3 is 79.6 Å². The minimum Gasteiger partial charge on any atom is -0.394 e. The maximum atomic E-state index is 12.2. The van der Waals surface area contributed by atoms with Gasteiger partial charge in [-0.25, -0.2) is 19.5 Å². The molecule has 2 aromatic rings. The molecule has 2 fully saturated rings. The highest BCUT2D eigenvalue weighted by atomic mass is 31.2. The first-order valence-electron chi connectivity index (χ1n) is 16.8. The number of nitrogens with zero attached hydrogens (tertiary/aromatic N) is 4. The van der Waals surface area contributed by atoms with Gasteiger partial charge in [0.15, 0.2) is 17.8 Å². The normalized spacial score (nSPS) is 27.6. The summed E-state index contributed by atoms with van der Waals surface area (Å²) in [5.74, 6) is -0.495. The predicted molar refractivity (Wildman–Crippen MR) is 177 cm³/mol. The Bertz CT molecular complexity index is 1500. The zero-order valence-corrected chi connectivity index (χ0v) is 29.8. The quantitative estimate of drug-likeness (QED) is 0.0315. The summed E-state index contributed by atoms with van der Waals surface area (Å²) in [6.07, 6.45) is -5.40. The van der Waals surface area contributed by atoms with Gasteiger partial charge >= 0.3 is 7.82 Å². The van der Waals surface area contributed by atoms with E-state index in [0.717, 1.165) is 0 Å². The van der Waals surface area contributed by atoms with Gasteiger partial charge in [0, 0.05) is 26.5 Å². The van der Waals surface area contributed by atoms with Crippen LogP contribution in [-0.4, -0.2) is 170 Å². The van der Waals surface area contributed by atoms with E-state index >= 15 is 0 Å². The Balaban J connectivity index is 1.09. The van der Waals surface area contributed by atoms with Crippen molar-refractivity contribution in [1.82, 2.24) is 30.2 Å². The van der Waals surface area contributed by atoms with Gasteiger partial charge in [0.25, 0.3) is 0 Å². The van der Waals surface area contributed by atoms with Crippen LogP contribution in [0.2, 0.25) is 0 Å². The second-order valence-electron chi connectivity index (χ2n) is 12.2. The third-order valence-electron chi connectivity index (χ3n) is 8.26. The number of hydrogen-bond donors (Lipinski definition) is 9. The highest BCUT2D eigenvalue weighted by molar-refractivity contribution is 7.46. The fraction of sp³-hybridized carbons (Fsp3) is 0.759. The number of aliphatic hydroxyl groups excluding tert-OH is 4. The Labute approximate surface area is 303 Å². The summed E-state index contributed by atoms with van der Waals surface area (Å²) in [4.78, 5) is 54.2. The smallest absolute Gasteiger partial charge is 0.394 e. The minimum atomic E-state index is -4.83. The number of rotatable bonds is 22. The summed E-state index contributed by atoms with van der Waals surface area (Å²) >= 11 is 0. The molecule has 4 rings (SSSR count). The van der Waals surface area contributed by atoms with Gasteiger partial charge in [-0.15, -0.1) is 0 Å². The Morgan fingerprint density at radius 1 is 0.962 bits per heavy atom. The number of carbonyl (C=O) groups excluding carboxylic acids is 2. The molecule has 0 bridgehead atoms. The van der Waals surface area contributed by atoms with Crippen molar-refractivity contribution in [3.63, 3.8) is 0 Å². The van der Waals surface area contributed by atoms with E-state index in [1.807, 2.05) is 0 Å². The van der Waals surface area contributed by atoms with Gasteiger partial charge in [-0.1, -0.05) is 0 Å². The van der Waals surface area contributed by atoms with E-state index in [9.17, 15) is 34.6 Å². The molecule has 2 aromatic heterocycles. The maximum Gasteiger partial charge on any atom is 0.469 e. The van der Waals surface area contributed by atoms with Gasteiger partial charge in [0.1, 0.15) is 67.4 Å². The van der Waals surface area contributed by atoms with Crippen LogP contribution in [-0.2, 0) is 53.6 Å². The third kappa shape index (κ3) is 12.8. The monoisotopic (exact) mass is 781 g/mol. The summed E-state index contributed by atoms with van der Waals surface area (Å²) < 4.78 is 51.0. The molecular weight excluding hydrogens is 733 g/mol. The Morgan fingerprint density at radius 2 is 1.74 bits per heavy atom. The standard InChI is InChI=1S/C29H48N7O16P/c1-16(38)35-21-25(42)23(40)18(11-37)52-29(21)48-6-3-2-4-20(39)31-5-7-46-8-9-47-15-49-26-17(51-19(24(26)41)12-50-53(43,44)45)10-36-14-34-22-27(30)32-13-33-28(22)36/h13-14,17-19,21,23-26,29,37,40-42H,2-12,15H2,1H3,(H,31,39)(H,35,38)(H2,30,32,33)(H2,43,44,45)/t17-,18+,19+,21+,23?,24+,25+,26-,29+/m0/s1. The number of anilines is 1. The van der Waals surface area contributed by atoms with Crippen LogP contribution in [0.5, 0.6) is 0 Å². The van der Waals surface area contributed by atoms with E-state index in [1.54, 1.807) is 4.57 Å². The van der Waals surface area contributed by atoms with Crippen molar-refractivity contribution < 1.29 is 77.3 Å². The van der Waals surface area contributed by atoms with E-state index in [4.69, 9.17) is 43.9 Å². The molecule has 0 saturated carbocycles. The third-order valence-corrected chi connectivity index (χ3v) is 8.75. The fourth-order valence-corrected chi connectivity index (χ4v) is 6.00. The van der Waals surface area contributed by atoms with Gasteiger partial charge in [-0.2, -0.15) is 0 Å². The lowest BCUT2D eigenvalue weighted by atomic mass is 9.97. The zero-order valence-electron chi connectivity index (χ0n) is 28.9. The second kappa shape index (κ2) is 20.6. The van der Waals surface area contributed by atoms with Crippen LogP contribution in [0.25, 0.3) is 11.2 Å². The van der Waals surface area contributed by atoms with Crippen LogP contribution >= 0.6 is 7.82 Å². The van der Waals surface area contributed by atoms with Gasteiger partial charge in [-0.3, -0.25) is 14.1 Å². The number of aromatic nitrogens is 4. The Hall–Kier alpha value is -3.00. The number of carbonyl (C=O) groups is 2. The number of unbranched alkanes of at least 4 members (excludes halogenated alkanes) is 1. The number of phosphoric acid groups is 1. The van der Waals surface area contributed by atoms with Crippen molar-refractivity contribution in [3.05, 3.63) is 12.7 Å². The molecule has 0 spiro atoms. The SMILES string of the molecule is CC(=O)N[C@H]1[C@H](OCCCCC(=O)NCCOCCOCO[C@@H]2[C@H](O)[C@@H](COP(=O)(O)O)O[C@H]2Cn2cnc3c(N)ncnc32)O[C@H](CO)C(O)[C@@H]1O. The molecule has 300 valence electrons. The van der Waals surface area contributed by atoms with Gasteiger partial charge in [-0.05, 0) is 12.8 Å². The van der Waals surface area contributed by atoms with Crippen LogP contribution in [0.15, 0.2) is 12.7 Å². The van der Waals surface area contributed by atoms with Crippen molar-refractivity contribution in [2.24, 2.45) is 0 Å². The number of fused-ring (bicyclic) bond motifs is 1. The molecule has 2 aliphatic rings. The van der Waals surface area contributed by atoms with Crippen molar-refractivity contribution in [2.75, 3.05) is 58.7 Å². The van der Waals surface area contributed by atoms with Crippen LogP contribution in [0, 0.1) is 0 Å². The molecule has 23 nitrogen and oxygen atoms in total. The molecule has 9 atom stereocenters. The number of imidazole rings is 1. The van der Waals surface area contributed by atoms with Gasteiger partial charge in [0.05, 0.1) is 45.9 Å². The number of nitrogens with two attached hydrogens (primary N) is 1. The number of amides is 2. The average Bonchev–Trinajstić information content (AvgIpc) is 3.65. The first-order valence-corrected chi connectivity index (χ1v) is 18.3. The summed E-state index contributed by atoms with van der Waals surface area (Å²) in [5, 5.41) is 45.8. The lowest BCUT2D eigenvalue weighted by Crippen LogP contribution is -2.64. The molecule has 0 aliphatic carbocycles. The Morgan fingerprint density at radius 3 is 2.47 bits per heavy atom. The molecule has 24 heteroatoms. The van der Waals surface area contributed by atoms with Crippen LogP contribution < -0.4 is 16.4 Å². The maximum absolute atomic E-state index is 12.2. The summed E-state index contributed by atoms with van der Waals surface area (Å²) in [6.45, 7) is 0.758. The largest absolute Gasteiger partial charge is 0.469 e. The minimum absolute atomic E-state index is 0.0854. The molecule has 0 aromatic carbocycles. The van der Waals surface area contributed by atoms with Crippen LogP contribution in [0.1, 0.15) is 26.2 Å². The van der Waals surface area contributed by atoms with Crippen LogP contribution in [0.4, 0.5) is 5.82 Å².